The quantitative estimate of drug-likeness (QED) is 0.638. The highest BCUT2D eigenvalue weighted by atomic mass is 32.2. The maximum Gasteiger partial charge on any atom is 0.337 e. The maximum atomic E-state index is 12.5. The van der Waals surface area contributed by atoms with Crippen molar-refractivity contribution in [2.75, 3.05) is 12.4 Å². The molecule has 0 atom stereocenters. The Kier molecular flexibility index (Phi) is 5.60. The molecule has 7 nitrogen and oxygen atoms in total. The normalized spacial score (nSPS) is 11.0. The first-order valence-corrected chi connectivity index (χ1v) is 9.90. The third-order valence-electron chi connectivity index (χ3n) is 3.96. The third-order valence-corrected chi connectivity index (χ3v) is 5.65. The van der Waals surface area contributed by atoms with E-state index in [4.69, 9.17) is 4.42 Å². The highest BCUT2D eigenvalue weighted by Crippen LogP contribution is 2.21. The van der Waals surface area contributed by atoms with Gasteiger partial charge in [0.15, 0.2) is 15.6 Å². The predicted octanol–water partition coefficient (Wildman–Crippen LogP) is 3.29. The Hall–Kier alpha value is -3.39. The Morgan fingerprint density at radius 2 is 1.68 bits per heavy atom. The van der Waals surface area contributed by atoms with E-state index in [1.54, 1.807) is 18.2 Å². The van der Waals surface area contributed by atoms with Gasteiger partial charge in [-0.05, 0) is 42.5 Å². The Morgan fingerprint density at radius 3 is 2.32 bits per heavy atom. The summed E-state index contributed by atoms with van der Waals surface area (Å²) in [5.74, 6) is -1.53. The zero-order valence-electron chi connectivity index (χ0n) is 14.9. The monoisotopic (exact) mass is 399 g/mol. The standard InChI is InChI=1S/C20H17NO6S/c1-26-20(23)14-7-9-16(10-8-14)21-19(22)18-15(11-12-27-18)13-28(24,25)17-5-3-2-4-6-17/h2-12H,13H2,1H3,(H,21,22). The van der Waals surface area contributed by atoms with E-state index in [0.717, 1.165) is 0 Å². The molecule has 0 aliphatic rings. The molecule has 8 heteroatoms. The molecule has 0 radical (unpaired) electrons. The second-order valence-electron chi connectivity index (χ2n) is 5.87. The first-order chi connectivity index (χ1) is 13.4. The summed E-state index contributed by atoms with van der Waals surface area (Å²) in [7, 11) is -2.34. The number of esters is 1. The van der Waals surface area contributed by atoms with Gasteiger partial charge in [0.05, 0.1) is 29.6 Å². The fourth-order valence-electron chi connectivity index (χ4n) is 2.56. The molecule has 0 unspecified atom stereocenters. The van der Waals surface area contributed by atoms with Gasteiger partial charge in [0, 0.05) is 11.3 Å². The lowest BCUT2D eigenvalue weighted by atomic mass is 10.2. The van der Waals surface area contributed by atoms with Crippen molar-refractivity contribution in [2.45, 2.75) is 10.6 Å². The van der Waals surface area contributed by atoms with Crippen LogP contribution in [-0.2, 0) is 20.3 Å². The van der Waals surface area contributed by atoms with Crippen LogP contribution in [0.4, 0.5) is 5.69 Å². The van der Waals surface area contributed by atoms with E-state index in [1.165, 1.54) is 55.8 Å². The van der Waals surface area contributed by atoms with E-state index in [9.17, 15) is 18.0 Å². The molecule has 1 N–H and O–H groups in total. The summed E-state index contributed by atoms with van der Waals surface area (Å²) >= 11 is 0. The van der Waals surface area contributed by atoms with Gasteiger partial charge in [0.2, 0.25) is 0 Å². The van der Waals surface area contributed by atoms with Gasteiger partial charge < -0.3 is 14.5 Å². The lowest BCUT2D eigenvalue weighted by Crippen LogP contribution is -2.15. The molecular weight excluding hydrogens is 382 g/mol. The predicted molar refractivity (Wildman–Crippen MR) is 102 cm³/mol. The van der Waals surface area contributed by atoms with Crippen LogP contribution in [0.1, 0.15) is 26.5 Å². The molecule has 0 saturated heterocycles. The van der Waals surface area contributed by atoms with E-state index >= 15 is 0 Å². The Labute approximate surface area is 161 Å². The van der Waals surface area contributed by atoms with Crippen LogP contribution < -0.4 is 5.32 Å². The van der Waals surface area contributed by atoms with E-state index in [0.29, 0.717) is 11.3 Å². The molecule has 0 bridgehead atoms. The smallest absolute Gasteiger partial charge is 0.337 e. The van der Waals surface area contributed by atoms with Crippen molar-refractivity contribution in [1.82, 2.24) is 0 Å². The molecule has 3 rings (SSSR count). The number of sulfone groups is 1. The maximum absolute atomic E-state index is 12.5. The molecule has 0 fully saturated rings. The number of rotatable bonds is 6. The number of benzene rings is 2. The second-order valence-corrected chi connectivity index (χ2v) is 7.86. The van der Waals surface area contributed by atoms with E-state index in [-0.39, 0.29) is 22.0 Å². The summed E-state index contributed by atoms with van der Waals surface area (Å²) in [4.78, 5) is 24.1. The molecule has 2 aromatic carbocycles. The molecule has 0 aliphatic heterocycles. The van der Waals surface area contributed by atoms with E-state index in [1.807, 2.05) is 0 Å². The summed E-state index contributed by atoms with van der Waals surface area (Å²) in [6, 6.07) is 15.5. The van der Waals surface area contributed by atoms with Gasteiger partial charge in [0.1, 0.15) is 0 Å². The SMILES string of the molecule is COC(=O)c1ccc(NC(=O)c2occc2CS(=O)(=O)c2ccccc2)cc1. The van der Waals surface area contributed by atoms with Gasteiger partial charge in [-0.25, -0.2) is 13.2 Å². The number of ether oxygens (including phenoxy) is 1. The molecule has 28 heavy (non-hydrogen) atoms. The van der Waals surface area contributed by atoms with E-state index in [2.05, 4.69) is 10.1 Å². The van der Waals surface area contributed by atoms with Crippen molar-refractivity contribution < 1.29 is 27.2 Å². The van der Waals surface area contributed by atoms with Crippen LogP contribution in [-0.4, -0.2) is 27.4 Å². The van der Waals surface area contributed by atoms with Gasteiger partial charge in [-0.15, -0.1) is 0 Å². The lowest BCUT2D eigenvalue weighted by Gasteiger charge is -2.07. The second kappa shape index (κ2) is 8.10. The minimum absolute atomic E-state index is 0.0865. The summed E-state index contributed by atoms with van der Waals surface area (Å²) in [6.45, 7) is 0. The van der Waals surface area contributed by atoms with E-state index < -0.39 is 21.7 Å². The van der Waals surface area contributed by atoms with Gasteiger partial charge in [0.25, 0.3) is 5.91 Å². The molecule has 1 amide bonds. The number of furan rings is 1. The minimum Gasteiger partial charge on any atom is -0.465 e. The number of carbonyl (C=O) groups excluding carboxylic acids is 2. The lowest BCUT2D eigenvalue weighted by molar-refractivity contribution is 0.0600. The van der Waals surface area contributed by atoms with Gasteiger partial charge >= 0.3 is 5.97 Å². The number of hydrogen-bond donors (Lipinski definition) is 1. The van der Waals surface area contributed by atoms with Crippen molar-refractivity contribution >= 4 is 27.4 Å². The summed E-state index contributed by atoms with van der Waals surface area (Å²) in [5, 5.41) is 2.61. The van der Waals surface area contributed by atoms with Crippen LogP contribution in [0.25, 0.3) is 0 Å². The van der Waals surface area contributed by atoms with Crippen LogP contribution in [0.3, 0.4) is 0 Å². The largest absolute Gasteiger partial charge is 0.465 e. The molecule has 0 spiro atoms. The number of methoxy groups -OCH3 is 1. The van der Waals surface area contributed by atoms with Crippen molar-refractivity contribution in [1.29, 1.82) is 0 Å². The molecule has 144 valence electrons. The fraction of sp³-hybridized carbons (Fsp3) is 0.100. The van der Waals surface area contributed by atoms with Crippen molar-refractivity contribution in [2.24, 2.45) is 0 Å². The molecular formula is C20H17NO6S. The van der Waals surface area contributed by atoms with Crippen molar-refractivity contribution in [3.8, 4) is 0 Å². The summed E-state index contributed by atoms with van der Waals surface area (Å²) in [6.07, 6.45) is 1.27. The third kappa shape index (κ3) is 4.29. The van der Waals surface area contributed by atoms with Crippen LogP contribution >= 0.6 is 0 Å². The topological polar surface area (TPSA) is 103 Å². The Balaban J connectivity index is 1.76. The number of anilines is 1. The average molecular weight is 399 g/mol. The Bertz CT molecular complexity index is 1090. The van der Waals surface area contributed by atoms with Gasteiger partial charge in [-0.3, -0.25) is 4.79 Å². The zero-order chi connectivity index (χ0) is 20.1. The average Bonchev–Trinajstić information content (AvgIpc) is 3.16. The molecule has 0 aliphatic carbocycles. The zero-order valence-corrected chi connectivity index (χ0v) is 15.7. The van der Waals surface area contributed by atoms with Crippen molar-refractivity contribution in [3.63, 3.8) is 0 Å². The number of hydrogen-bond acceptors (Lipinski definition) is 6. The molecule has 1 aromatic heterocycles. The number of nitrogens with one attached hydrogen (secondary N) is 1. The molecule has 0 saturated carbocycles. The van der Waals surface area contributed by atoms with Crippen molar-refractivity contribution in [3.05, 3.63) is 83.8 Å². The van der Waals surface area contributed by atoms with Crippen LogP contribution in [0.15, 0.2) is 76.2 Å². The van der Waals surface area contributed by atoms with Crippen LogP contribution in [0, 0.1) is 0 Å². The summed E-state index contributed by atoms with van der Waals surface area (Å²) < 4.78 is 34.9. The number of amides is 1. The Morgan fingerprint density at radius 1 is 1.00 bits per heavy atom. The van der Waals surface area contributed by atoms with Crippen LogP contribution in [0.2, 0.25) is 0 Å². The highest BCUT2D eigenvalue weighted by Gasteiger charge is 2.22. The van der Waals surface area contributed by atoms with Gasteiger partial charge in [-0.2, -0.15) is 0 Å². The number of carbonyl (C=O) groups is 2. The molecule has 3 aromatic rings. The first kappa shape index (κ1) is 19.4. The fourth-order valence-corrected chi connectivity index (χ4v) is 3.94. The summed E-state index contributed by atoms with van der Waals surface area (Å²) in [5.41, 5.74) is 1.02. The molecule has 1 heterocycles. The minimum atomic E-state index is -3.62. The van der Waals surface area contributed by atoms with Gasteiger partial charge in [-0.1, -0.05) is 18.2 Å². The first-order valence-electron chi connectivity index (χ1n) is 8.24. The highest BCUT2D eigenvalue weighted by molar-refractivity contribution is 7.90. The van der Waals surface area contributed by atoms with Crippen LogP contribution in [0.5, 0.6) is 0 Å².